The van der Waals surface area contributed by atoms with Gasteiger partial charge in [0.25, 0.3) is 5.91 Å². The number of furan rings is 1. The molecule has 2 atom stereocenters. The summed E-state index contributed by atoms with van der Waals surface area (Å²) >= 11 is 0. The maximum Gasteiger partial charge on any atom is 0.289 e. The Balaban J connectivity index is 1.50. The van der Waals surface area contributed by atoms with E-state index in [4.69, 9.17) is 4.42 Å². The highest BCUT2D eigenvalue weighted by molar-refractivity contribution is 5.99. The summed E-state index contributed by atoms with van der Waals surface area (Å²) in [6.45, 7) is 1.76. The molecule has 2 saturated heterocycles. The van der Waals surface area contributed by atoms with Crippen molar-refractivity contribution in [2.75, 3.05) is 24.5 Å². The molecule has 0 bridgehead atoms. The van der Waals surface area contributed by atoms with Crippen LogP contribution >= 0.6 is 0 Å². The van der Waals surface area contributed by atoms with Gasteiger partial charge >= 0.3 is 0 Å². The van der Waals surface area contributed by atoms with E-state index in [1.54, 1.807) is 17.0 Å². The summed E-state index contributed by atoms with van der Waals surface area (Å²) in [6.07, 6.45) is 1.49. The van der Waals surface area contributed by atoms with Gasteiger partial charge in [0.15, 0.2) is 5.76 Å². The molecule has 5 nitrogen and oxygen atoms in total. The number of para-hydroxylation sites is 1. The van der Waals surface area contributed by atoms with Crippen LogP contribution in [0.25, 0.3) is 0 Å². The largest absolute Gasteiger partial charge is 0.459 e. The Bertz CT molecular complexity index is 696. The normalized spacial score (nSPS) is 23.9. The highest BCUT2D eigenvalue weighted by atomic mass is 16.3. The predicted molar refractivity (Wildman–Crippen MR) is 80.4 cm³/mol. The van der Waals surface area contributed by atoms with Crippen molar-refractivity contribution in [2.24, 2.45) is 11.8 Å². The lowest BCUT2D eigenvalue weighted by atomic mass is 10.0. The second-order valence-electron chi connectivity index (χ2n) is 5.84. The maximum absolute atomic E-state index is 12.6. The van der Waals surface area contributed by atoms with Crippen molar-refractivity contribution in [1.29, 1.82) is 0 Å². The van der Waals surface area contributed by atoms with E-state index < -0.39 is 0 Å². The van der Waals surface area contributed by atoms with Gasteiger partial charge in [-0.15, -0.1) is 0 Å². The summed E-state index contributed by atoms with van der Waals surface area (Å²) in [5.41, 5.74) is 0.936. The predicted octanol–water partition coefficient (Wildman–Crippen LogP) is 2.01. The summed E-state index contributed by atoms with van der Waals surface area (Å²) in [4.78, 5) is 28.5. The van der Waals surface area contributed by atoms with Gasteiger partial charge in [-0.25, -0.2) is 0 Å². The molecule has 2 aliphatic rings. The maximum atomic E-state index is 12.6. The first-order valence-electron chi connectivity index (χ1n) is 7.43. The molecular formula is C17H16N2O3. The minimum absolute atomic E-state index is 0.0980. The van der Waals surface area contributed by atoms with Crippen LogP contribution in [0.1, 0.15) is 10.6 Å². The Morgan fingerprint density at radius 3 is 2.55 bits per heavy atom. The molecule has 0 unspecified atom stereocenters. The second-order valence-corrected chi connectivity index (χ2v) is 5.84. The molecule has 1 aromatic heterocycles. The van der Waals surface area contributed by atoms with Crippen LogP contribution in [0.5, 0.6) is 0 Å². The van der Waals surface area contributed by atoms with Gasteiger partial charge in [0.05, 0.1) is 12.2 Å². The van der Waals surface area contributed by atoms with Crippen LogP contribution in [-0.4, -0.2) is 36.3 Å². The van der Waals surface area contributed by atoms with Gasteiger partial charge in [0, 0.05) is 31.2 Å². The van der Waals surface area contributed by atoms with Crippen LogP contribution in [0.2, 0.25) is 0 Å². The standard InChI is InChI=1S/C17H16N2O3/c20-16-14-11-18(17(21)15-7-4-8-22-15)9-12(14)10-19(16)13-5-2-1-3-6-13/h1-8,12,14H,9-11H2/t12-,14-/m1/s1. The van der Waals surface area contributed by atoms with Crippen LogP contribution in [0, 0.1) is 11.8 Å². The minimum Gasteiger partial charge on any atom is -0.459 e. The lowest BCUT2D eigenvalue weighted by Gasteiger charge is -2.21. The fourth-order valence-corrected chi connectivity index (χ4v) is 3.42. The van der Waals surface area contributed by atoms with Crippen molar-refractivity contribution >= 4 is 17.5 Å². The summed E-state index contributed by atoms with van der Waals surface area (Å²) in [5.74, 6) is 0.433. The number of anilines is 1. The molecule has 5 heteroatoms. The third-order valence-electron chi connectivity index (χ3n) is 4.53. The van der Waals surface area contributed by atoms with Crippen molar-refractivity contribution in [1.82, 2.24) is 4.90 Å². The monoisotopic (exact) mass is 296 g/mol. The van der Waals surface area contributed by atoms with Gasteiger partial charge < -0.3 is 14.2 Å². The minimum atomic E-state index is -0.126. The number of carbonyl (C=O) groups excluding carboxylic acids is 2. The van der Waals surface area contributed by atoms with Gasteiger partial charge in [-0.2, -0.15) is 0 Å². The molecule has 0 aliphatic carbocycles. The molecule has 112 valence electrons. The lowest BCUT2D eigenvalue weighted by molar-refractivity contribution is -0.120. The van der Waals surface area contributed by atoms with E-state index in [2.05, 4.69) is 0 Å². The van der Waals surface area contributed by atoms with Crippen molar-refractivity contribution in [2.45, 2.75) is 0 Å². The van der Waals surface area contributed by atoms with Crippen LogP contribution in [0.3, 0.4) is 0 Å². The Kier molecular flexibility index (Phi) is 2.99. The molecular weight excluding hydrogens is 280 g/mol. The zero-order valence-electron chi connectivity index (χ0n) is 12.0. The van der Waals surface area contributed by atoms with Crippen LogP contribution in [-0.2, 0) is 4.79 Å². The quantitative estimate of drug-likeness (QED) is 0.852. The molecule has 0 spiro atoms. The molecule has 0 radical (unpaired) electrons. The third-order valence-corrected chi connectivity index (χ3v) is 4.53. The average Bonchev–Trinajstić information content (AvgIpc) is 3.25. The fraction of sp³-hybridized carbons (Fsp3) is 0.294. The van der Waals surface area contributed by atoms with Gasteiger partial charge in [-0.3, -0.25) is 9.59 Å². The summed E-state index contributed by atoms with van der Waals surface area (Å²) in [6, 6.07) is 13.1. The molecule has 3 heterocycles. The molecule has 2 amide bonds. The highest BCUT2D eigenvalue weighted by Crippen LogP contribution is 2.35. The highest BCUT2D eigenvalue weighted by Gasteiger charge is 2.48. The average molecular weight is 296 g/mol. The van der Waals surface area contributed by atoms with Gasteiger partial charge in [0.1, 0.15) is 0 Å². The van der Waals surface area contributed by atoms with E-state index in [9.17, 15) is 9.59 Å². The number of rotatable bonds is 2. The number of fused-ring (bicyclic) bond motifs is 1. The molecule has 0 N–H and O–H groups in total. The Hall–Kier alpha value is -2.56. The molecule has 0 saturated carbocycles. The zero-order chi connectivity index (χ0) is 15.1. The van der Waals surface area contributed by atoms with Crippen LogP contribution in [0.15, 0.2) is 53.1 Å². The topological polar surface area (TPSA) is 53.8 Å². The second kappa shape index (κ2) is 5.02. The van der Waals surface area contributed by atoms with Crippen molar-refractivity contribution in [3.63, 3.8) is 0 Å². The molecule has 2 aliphatic heterocycles. The number of nitrogens with zero attached hydrogens (tertiary/aromatic N) is 2. The first-order valence-corrected chi connectivity index (χ1v) is 7.43. The zero-order valence-corrected chi connectivity index (χ0v) is 12.0. The van der Waals surface area contributed by atoms with Gasteiger partial charge in [-0.1, -0.05) is 18.2 Å². The Morgan fingerprint density at radius 2 is 1.86 bits per heavy atom. The lowest BCUT2D eigenvalue weighted by Crippen LogP contribution is -2.35. The number of hydrogen-bond acceptors (Lipinski definition) is 3. The number of carbonyl (C=O) groups is 2. The smallest absolute Gasteiger partial charge is 0.289 e. The first-order chi connectivity index (χ1) is 10.7. The summed E-state index contributed by atoms with van der Waals surface area (Å²) in [7, 11) is 0. The first kappa shape index (κ1) is 13.1. The molecule has 1 aromatic carbocycles. The summed E-state index contributed by atoms with van der Waals surface area (Å²) < 4.78 is 5.16. The molecule has 2 fully saturated rings. The molecule has 22 heavy (non-hydrogen) atoms. The number of amides is 2. The molecule has 4 rings (SSSR count). The van der Waals surface area contributed by atoms with Crippen molar-refractivity contribution < 1.29 is 14.0 Å². The van der Waals surface area contributed by atoms with E-state index in [0.29, 0.717) is 25.4 Å². The van der Waals surface area contributed by atoms with Gasteiger partial charge in [0.2, 0.25) is 5.91 Å². The number of likely N-dealkylation sites (tertiary alicyclic amines) is 1. The number of hydrogen-bond donors (Lipinski definition) is 0. The van der Waals surface area contributed by atoms with Crippen LogP contribution < -0.4 is 4.90 Å². The Labute approximate surface area is 128 Å². The third kappa shape index (κ3) is 2.01. The molecule has 2 aromatic rings. The van der Waals surface area contributed by atoms with E-state index in [1.807, 2.05) is 35.2 Å². The van der Waals surface area contributed by atoms with Crippen LogP contribution in [0.4, 0.5) is 5.69 Å². The summed E-state index contributed by atoms with van der Waals surface area (Å²) in [5, 5.41) is 0. The SMILES string of the molecule is O=C(c1ccco1)N1C[C@@H]2CN(c3ccccc3)C(=O)[C@@H]2C1. The fourth-order valence-electron chi connectivity index (χ4n) is 3.42. The van der Waals surface area contributed by atoms with E-state index in [-0.39, 0.29) is 23.7 Å². The van der Waals surface area contributed by atoms with E-state index >= 15 is 0 Å². The van der Waals surface area contributed by atoms with Crippen molar-refractivity contribution in [3.8, 4) is 0 Å². The van der Waals surface area contributed by atoms with E-state index in [1.165, 1.54) is 6.26 Å². The van der Waals surface area contributed by atoms with E-state index in [0.717, 1.165) is 5.69 Å². The van der Waals surface area contributed by atoms with Gasteiger partial charge in [-0.05, 0) is 24.3 Å². The van der Waals surface area contributed by atoms with Crippen molar-refractivity contribution in [3.05, 3.63) is 54.5 Å². The number of benzene rings is 1. The Morgan fingerprint density at radius 1 is 1.05 bits per heavy atom.